The highest BCUT2D eigenvalue weighted by molar-refractivity contribution is 5.92. The normalized spacial score (nSPS) is 11.9. The van der Waals surface area contributed by atoms with Crippen LogP contribution in [0.1, 0.15) is 40.2 Å². The molecule has 0 spiro atoms. The molecule has 0 aliphatic rings. The van der Waals surface area contributed by atoms with E-state index in [4.69, 9.17) is 5.26 Å². The molecule has 0 saturated heterocycles. The summed E-state index contributed by atoms with van der Waals surface area (Å²) in [5, 5.41) is 24.0. The molecule has 0 aliphatic carbocycles. The second kappa shape index (κ2) is 7.47. The van der Waals surface area contributed by atoms with Crippen LogP contribution in [0, 0.1) is 16.7 Å². The summed E-state index contributed by atoms with van der Waals surface area (Å²) < 4.78 is 0. The molecule has 3 heterocycles. The van der Waals surface area contributed by atoms with Crippen LogP contribution in [0.2, 0.25) is 0 Å². The number of nitriles is 1. The number of aromatic nitrogens is 5. The average molecular weight is 392 g/mol. The van der Waals surface area contributed by atoms with E-state index in [1.54, 1.807) is 26.1 Å². The summed E-state index contributed by atoms with van der Waals surface area (Å²) in [7, 11) is 0. The van der Waals surface area contributed by atoms with E-state index < -0.39 is 5.54 Å². The number of pyridine rings is 1. The standard InChI is InChI=1S/C20H24N8O/c1-19(2,3)11-24-18(29)20(4,5)27-15-10-25-28-17(26-15)14-9-23-16-13(14)6-12(7-21)8-22-16/h6,8-10H,11H2,1-5H3,(H,22,23)(H,24,29)(H,26,27,28). The number of hydrogen-bond acceptors (Lipinski definition) is 7. The Kier molecular flexibility index (Phi) is 5.20. The van der Waals surface area contributed by atoms with Crippen LogP contribution in [0.5, 0.6) is 0 Å². The van der Waals surface area contributed by atoms with Gasteiger partial charge in [-0.25, -0.2) is 9.97 Å². The molecule has 0 saturated carbocycles. The molecule has 0 fully saturated rings. The Morgan fingerprint density at radius 2 is 2.00 bits per heavy atom. The van der Waals surface area contributed by atoms with E-state index in [9.17, 15) is 4.79 Å². The van der Waals surface area contributed by atoms with Crippen molar-refractivity contribution in [3.05, 3.63) is 30.2 Å². The van der Waals surface area contributed by atoms with Crippen molar-refractivity contribution in [1.29, 1.82) is 5.26 Å². The number of amides is 1. The van der Waals surface area contributed by atoms with Crippen molar-refractivity contribution in [1.82, 2.24) is 30.5 Å². The molecule has 3 N–H and O–H groups in total. The van der Waals surface area contributed by atoms with E-state index in [0.717, 1.165) is 5.39 Å². The molecule has 3 aromatic rings. The van der Waals surface area contributed by atoms with Crippen LogP contribution < -0.4 is 10.6 Å². The van der Waals surface area contributed by atoms with Gasteiger partial charge in [0.25, 0.3) is 0 Å². The van der Waals surface area contributed by atoms with Crippen molar-refractivity contribution < 1.29 is 4.79 Å². The lowest BCUT2D eigenvalue weighted by Crippen LogP contribution is -2.49. The Balaban J connectivity index is 1.85. The largest absolute Gasteiger partial charge is 0.355 e. The molecule has 3 rings (SSSR count). The van der Waals surface area contributed by atoms with E-state index in [-0.39, 0.29) is 11.3 Å². The number of H-pyrrole nitrogens is 1. The molecule has 0 atom stereocenters. The zero-order chi connectivity index (χ0) is 21.2. The molecular weight excluding hydrogens is 368 g/mol. The summed E-state index contributed by atoms with van der Waals surface area (Å²) in [6.07, 6.45) is 4.69. The van der Waals surface area contributed by atoms with Gasteiger partial charge in [-0.2, -0.15) is 10.4 Å². The molecule has 1 amide bonds. The first-order valence-electron chi connectivity index (χ1n) is 9.23. The zero-order valence-corrected chi connectivity index (χ0v) is 17.2. The molecule has 9 nitrogen and oxygen atoms in total. The van der Waals surface area contributed by atoms with Crippen molar-refractivity contribution in [3.63, 3.8) is 0 Å². The van der Waals surface area contributed by atoms with Crippen LogP contribution in [0.4, 0.5) is 5.82 Å². The fourth-order valence-corrected chi connectivity index (χ4v) is 2.67. The lowest BCUT2D eigenvalue weighted by atomic mass is 9.96. The van der Waals surface area contributed by atoms with Crippen LogP contribution in [0.3, 0.4) is 0 Å². The molecule has 3 aromatic heterocycles. The first-order chi connectivity index (χ1) is 13.6. The number of nitrogens with zero attached hydrogens (tertiary/aromatic N) is 5. The number of nitrogens with one attached hydrogen (secondary N) is 3. The van der Waals surface area contributed by atoms with Crippen LogP contribution >= 0.6 is 0 Å². The van der Waals surface area contributed by atoms with Crippen LogP contribution in [-0.4, -0.2) is 43.1 Å². The summed E-state index contributed by atoms with van der Waals surface area (Å²) in [5.74, 6) is 0.649. The zero-order valence-electron chi connectivity index (χ0n) is 17.2. The maximum atomic E-state index is 12.6. The van der Waals surface area contributed by atoms with Gasteiger partial charge in [-0.3, -0.25) is 4.79 Å². The smallest absolute Gasteiger partial charge is 0.245 e. The van der Waals surface area contributed by atoms with E-state index >= 15 is 0 Å². The molecule has 29 heavy (non-hydrogen) atoms. The summed E-state index contributed by atoms with van der Waals surface area (Å²) in [5.41, 5.74) is 0.839. The molecule has 0 radical (unpaired) electrons. The molecule has 9 heteroatoms. The maximum Gasteiger partial charge on any atom is 0.245 e. The minimum absolute atomic E-state index is 0.0129. The number of carbonyl (C=O) groups is 1. The monoisotopic (exact) mass is 392 g/mol. The number of aromatic amines is 1. The van der Waals surface area contributed by atoms with Crippen molar-refractivity contribution in [2.45, 2.75) is 40.2 Å². The average Bonchev–Trinajstić information content (AvgIpc) is 3.08. The molecule has 150 valence electrons. The van der Waals surface area contributed by atoms with Gasteiger partial charge in [0.2, 0.25) is 5.91 Å². The third-order valence-electron chi connectivity index (χ3n) is 4.25. The first-order valence-corrected chi connectivity index (χ1v) is 9.23. The van der Waals surface area contributed by atoms with Gasteiger partial charge >= 0.3 is 0 Å². The highest BCUT2D eigenvalue weighted by atomic mass is 16.2. The van der Waals surface area contributed by atoms with Crippen LogP contribution in [0.25, 0.3) is 22.4 Å². The van der Waals surface area contributed by atoms with Crippen molar-refractivity contribution in [3.8, 4) is 17.5 Å². The Morgan fingerprint density at radius 3 is 2.69 bits per heavy atom. The summed E-state index contributed by atoms with van der Waals surface area (Å²) in [6, 6.07) is 3.80. The van der Waals surface area contributed by atoms with Gasteiger partial charge in [-0.15, -0.1) is 5.10 Å². The van der Waals surface area contributed by atoms with E-state index in [0.29, 0.717) is 35.0 Å². The Hall–Kier alpha value is -3.54. The van der Waals surface area contributed by atoms with Gasteiger partial charge in [0, 0.05) is 29.9 Å². The van der Waals surface area contributed by atoms with Crippen molar-refractivity contribution in [2.24, 2.45) is 5.41 Å². The number of carbonyl (C=O) groups excluding carboxylic acids is 1. The number of hydrogen-bond donors (Lipinski definition) is 3. The van der Waals surface area contributed by atoms with Crippen molar-refractivity contribution >= 4 is 22.8 Å². The van der Waals surface area contributed by atoms with Crippen LogP contribution in [-0.2, 0) is 4.79 Å². The number of fused-ring (bicyclic) bond motifs is 1. The Labute approximate surface area is 169 Å². The van der Waals surface area contributed by atoms with Gasteiger partial charge in [0.1, 0.15) is 23.1 Å². The second-order valence-corrected chi connectivity index (χ2v) is 8.59. The molecular formula is C20H24N8O. The fourth-order valence-electron chi connectivity index (χ4n) is 2.67. The quantitative estimate of drug-likeness (QED) is 0.608. The lowest BCUT2D eigenvalue weighted by Gasteiger charge is -2.28. The predicted molar refractivity (Wildman–Crippen MR) is 110 cm³/mol. The summed E-state index contributed by atoms with van der Waals surface area (Å²) in [4.78, 5) is 24.4. The molecule has 0 aliphatic heterocycles. The maximum absolute atomic E-state index is 12.6. The molecule has 0 aromatic carbocycles. The predicted octanol–water partition coefficient (Wildman–Crippen LogP) is 2.64. The van der Waals surface area contributed by atoms with Crippen molar-refractivity contribution in [2.75, 3.05) is 11.9 Å². The van der Waals surface area contributed by atoms with Gasteiger partial charge in [0.05, 0.1) is 11.8 Å². The fraction of sp³-hybridized carbons (Fsp3) is 0.400. The van der Waals surface area contributed by atoms with Gasteiger partial charge in [0.15, 0.2) is 5.82 Å². The topological polar surface area (TPSA) is 132 Å². The highest BCUT2D eigenvalue weighted by Crippen LogP contribution is 2.26. The first kappa shape index (κ1) is 20.2. The Morgan fingerprint density at radius 1 is 1.24 bits per heavy atom. The van der Waals surface area contributed by atoms with Gasteiger partial charge < -0.3 is 15.6 Å². The molecule has 0 unspecified atom stereocenters. The highest BCUT2D eigenvalue weighted by Gasteiger charge is 2.29. The van der Waals surface area contributed by atoms with Gasteiger partial charge in [-0.1, -0.05) is 20.8 Å². The van der Waals surface area contributed by atoms with Crippen LogP contribution in [0.15, 0.2) is 24.7 Å². The lowest BCUT2D eigenvalue weighted by molar-refractivity contribution is -0.124. The number of anilines is 1. The SMILES string of the molecule is CC(C)(C)CNC(=O)C(C)(C)Nc1cnnc(-c2c[nH]c3ncc(C#N)cc23)n1. The molecule has 0 bridgehead atoms. The van der Waals surface area contributed by atoms with E-state index in [2.05, 4.69) is 62.6 Å². The van der Waals surface area contributed by atoms with Gasteiger partial charge in [-0.05, 0) is 25.3 Å². The third-order valence-corrected chi connectivity index (χ3v) is 4.25. The summed E-state index contributed by atoms with van der Waals surface area (Å²) >= 11 is 0. The number of rotatable bonds is 5. The summed E-state index contributed by atoms with van der Waals surface area (Å²) in [6.45, 7) is 10.3. The minimum Gasteiger partial charge on any atom is -0.355 e. The third kappa shape index (κ3) is 4.66. The minimum atomic E-state index is -0.895. The van der Waals surface area contributed by atoms with E-state index in [1.165, 1.54) is 12.4 Å². The Bertz CT molecular complexity index is 1090. The second-order valence-electron chi connectivity index (χ2n) is 8.59. The van der Waals surface area contributed by atoms with E-state index in [1.807, 2.05) is 0 Å².